The largest absolute Gasteiger partial charge is 0.374 e. The van der Waals surface area contributed by atoms with Gasteiger partial charge < -0.3 is 10.1 Å². The van der Waals surface area contributed by atoms with E-state index in [0.29, 0.717) is 0 Å². The van der Waals surface area contributed by atoms with Gasteiger partial charge in [-0.2, -0.15) is 0 Å². The summed E-state index contributed by atoms with van der Waals surface area (Å²) in [5.74, 6) is 0.812. The van der Waals surface area contributed by atoms with E-state index < -0.39 is 0 Å². The van der Waals surface area contributed by atoms with Crippen molar-refractivity contribution in [3.63, 3.8) is 0 Å². The molecule has 2 nitrogen and oxygen atoms in total. The van der Waals surface area contributed by atoms with Crippen LogP contribution in [0.1, 0.15) is 0 Å². The third-order valence-corrected chi connectivity index (χ3v) is 3.54. The summed E-state index contributed by atoms with van der Waals surface area (Å²) in [6.07, 6.45) is 0.956. The fraction of sp³-hybridized carbons (Fsp3) is 0.222. The van der Waals surface area contributed by atoms with Crippen LogP contribution >= 0.6 is 27.7 Å². The van der Waals surface area contributed by atoms with E-state index in [1.807, 2.05) is 12.1 Å². The zero-order valence-electron chi connectivity index (χ0n) is 6.79. The van der Waals surface area contributed by atoms with Gasteiger partial charge in [0.2, 0.25) is 0 Å². The SMILES string of the molecule is O=CC1CSc2cc(Br)ccc2N1. The van der Waals surface area contributed by atoms with Crippen molar-refractivity contribution in [1.82, 2.24) is 0 Å². The number of hydrogen-bond donors (Lipinski definition) is 1. The predicted octanol–water partition coefficient (Wildman–Crippen LogP) is 2.53. The molecule has 1 unspecified atom stereocenters. The molecule has 1 aromatic rings. The highest BCUT2D eigenvalue weighted by Crippen LogP contribution is 2.34. The van der Waals surface area contributed by atoms with Gasteiger partial charge in [-0.05, 0) is 18.2 Å². The van der Waals surface area contributed by atoms with Crippen molar-refractivity contribution < 1.29 is 4.79 Å². The number of hydrogen-bond acceptors (Lipinski definition) is 3. The van der Waals surface area contributed by atoms with Gasteiger partial charge in [-0.15, -0.1) is 11.8 Å². The Morgan fingerprint density at radius 3 is 3.23 bits per heavy atom. The van der Waals surface area contributed by atoms with E-state index in [2.05, 4.69) is 27.3 Å². The quantitative estimate of drug-likeness (QED) is 0.785. The number of nitrogens with one attached hydrogen (secondary N) is 1. The molecule has 0 aromatic heterocycles. The molecule has 1 aliphatic heterocycles. The number of thioether (sulfide) groups is 1. The zero-order chi connectivity index (χ0) is 9.26. The number of carbonyl (C=O) groups excluding carboxylic acids is 1. The maximum atomic E-state index is 10.6. The van der Waals surface area contributed by atoms with Crippen molar-refractivity contribution in [2.45, 2.75) is 10.9 Å². The molecule has 2 rings (SSSR count). The lowest BCUT2D eigenvalue weighted by Gasteiger charge is -2.22. The van der Waals surface area contributed by atoms with Gasteiger partial charge in [0, 0.05) is 20.8 Å². The summed E-state index contributed by atoms with van der Waals surface area (Å²) >= 11 is 5.12. The van der Waals surface area contributed by atoms with E-state index in [9.17, 15) is 4.79 Å². The second kappa shape index (κ2) is 3.72. The van der Waals surface area contributed by atoms with Crippen LogP contribution in [-0.2, 0) is 4.79 Å². The van der Waals surface area contributed by atoms with E-state index in [0.717, 1.165) is 22.2 Å². The Bertz CT molecular complexity index is 342. The topological polar surface area (TPSA) is 29.1 Å². The van der Waals surface area contributed by atoms with E-state index in [1.54, 1.807) is 11.8 Å². The Hall–Kier alpha value is -0.480. The van der Waals surface area contributed by atoms with E-state index in [-0.39, 0.29) is 6.04 Å². The van der Waals surface area contributed by atoms with Gasteiger partial charge in [0.25, 0.3) is 0 Å². The molecule has 0 spiro atoms. The summed E-state index contributed by atoms with van der Waals surface area (Å²) in [4.78, 5) is 11.8. The van der Waals surface area contributed by atoms with Crippen LogP contribution in [0.2, 0.25) is 0 Å². The minimum Gasteiger partial charge on any atom is -0.374 e. The number of carbonyl (C=O) groups is 1. The minimum atomic E-state index is -0.0429. The number of rotatable bonds is 1. The summed E-state index contributed by atoms with van der Waals surface area (Å²) in [5, 5.41) is 3.16. The van der Waals surface area contributed by atoms with Crippen molar-refractivity contribution in [3.05, 3.63) is 22.7 Å². The molecular formula is C9H8BrNOS. The Balaban J connectivity index is 2.31. The van der Waals surface area contributed by atoms with Gasteiger partial charge in [0.05, 0.1) is 6.04 Å². The first kappa shape index (κ1) is 9.09. The standard InChI is InChI=1S/C9H8BrNOS/c10-6-1-2-8-9(3-6)13-5-7(4-12)11-8/h1-4,7,11H,5H2. The average molecular weight is 258 g/mol. The highest BCUT2D eigenvalue weighted by Gasteiger charge is 2.16. The third kappa shape index (κ3) is 1.89. The molecule has 0 fully saturated rings. The first-order valence-corrected chi connectivity index (χ1v) is 5.71. The van der Waals surface area contributed by atoms with Gasteiger partial charge in [-0.25, -0.2) is 0 Å². The van der Waals surface area contributed by atoms with Gasteiger partial charge in [-0.3, -0.25) is 0 Å². The summed E-state index contributed by atoms with van der Waals surface area (Å²) in [7, 11) is 0. The Labute approximate surface area is 89.2 Å². The number of anilines is 1. The van der Waals surface area contributed by atoms with Crippen LogP contribution in [0.5, 0.6) is 0 Å². The van der Waals surface area contributed by atoms with Crippen molar-refractivity contribution in [3.8, 4) is 0 Å². The highest BCUT2D eigenvalue weighted by atomic mass is 79.9. The lowest BCUT2D eigenvalue weighted by molar-refractivity contribution is -0.108. The number of fused-ring (bicyclic) bond motifs is 1. The summed E-state index contributed by atoms with van der Waals surface area (Å²) in [6.45, 7) is 0. The molecule has 0 bridgehead atoms. The molecule has 0 radical (unpaired) electrons. The summed E-state index contributed by atoms with van der Waals surface area (Å²) < 4.78 is 1.07. The van der Waals surface area contributed by atoms with Crippen LogP contribution in [0.15, 0.2) is 27.6 Å². The second-order valence-electron chi connectivity index (χ2n) is 2.84. The molecule has 1 N–H and O–H groups in total. The average Bonchev–Trinajstić information content (AvgIpc) is 2.17. The monoisotopic (exact) mass is 257 g/mol. The lowest BCUT2D eigenvalue weighted by Crippen LogP contribution is -2.26. The van der Waals surface area contributed by atoms with E-state index in [4.69, 9.17) is 0 Å². The molecule has 0 saturated heterocycles. The second-order valence-corrected chi connectivity index (χ2v) is 4.82. The predicted molar refractivity (Wildman–Crippen MR) is 58.3 cm³/mol. The van der Waals surface area contributed by atoms with Gasteiger partial charge in [0.1, 0.15) is 6.29 Å². The molecule has 4 heteroatoms. The molecule has 13 heavy (non-hydrogen) atoms. The van der Waals surface area contributed by atoms with Crippen molar-refractivity contribution in [1.29, 1.82) is 0 Å². The molecule has 1 aromatic carbocycles. The van der Waals surface area contributed by atoms with Crippen molar-refractivity contribution in [2.24, 2.45) is 0 Å². The first-order chi connectivity index (χ1) is 6.29. The minimum absolute atomic E-state index is 0.0429. The maximum Gasteiger partial charge on any atom is 0.143 e. The zero-order valence-corrected chi connectivity index (χ0v) is 9.19. The molecule has 0 saturated carbocycles. The van der Waals surface area contributed by atoms with Gasteiger partial charge in [-0.1, -0.05) is 15.9 Å². The Morgan fingerprint density at radius 1 is 1.62 bits per heavy atom. The van der Waals surface area contributed by atoms with Crippen LogP contribution in [0, 0.1) is 0 Å². The normalized spacial score (nSPS) is 20.2. The molecule has 68 valence electrons. The van der Waals surface area contributed by atoms with Gasteiger partial charge in [0.15, 0.2) is 0 Å². The molecule has 1 aliphatic rings. The van der Waals surface area contributed by atoms with Crippen LogP contribution in [-0.4, -0.2) is 18.1 Å². The molecular weight excluding hydrogens is 250 g/mol. The van der Waals surface area contributed by atoms with Crippen LogP contribution < -0.4 is 5.32 Å². The smallest absolute Gasteiger partial charge is 0.143 e. The van der Waals surface area contributed by atoms with Crippen LogP contribution in [0.3, 0.4) is 0 Å². The lowest BCUT2D eigenvalue weighted by atomic mass is 10.2. The molecule has 1 heterocycles. The summed E-state index contributed by atoms with van der Waals surface area (Å²) in [6, 6.07) is 5.98. The third-order valence-electron chi connectivity index (χ3n) is 1.87. The maximum absolute atomic E-state index is 10.6. The molecule has 0 aliphatic carbocycles. The van der Waals surface area contributed by atoms with Crippen LogP contribution in [0.25, 0.3) is 0 Å². The first-order valence-electron chi connectivity index (χ1n) is 3.94. The van der Waals surface area contributed by atoms with E-state index >= 15 is 0 Å². The highest BCUT2D eigenvalue weighted by molar-refractivity contribution is 9.10. The fourth-order valence-electron chi connectivity index (χ4n) is 1.23. The number of benzene rings is 1. The van der Waals surface area contributed by atoms with Gasteiger partial charge >= 0.3 is 0 Å². The number of aldehydes is 1. The summed E-state index contributed by atoms with van der Waals surface area (Å²) in [5.41, 5.74) is 1.05. The fourth-order valence-corrected chi connectivity index (χ4v) is 2.76. The van der Waals surface area contributed by atoms with E-state index in [1.165, 1.54) is 4.90 Å². The molecule has 1 atom stereocenters. The Kier molecular flexibility index (Phi) is 2.60. The van der Waals surface area contributed by atoms with Crippen molar-refractivity contribution >= 4 is 39.7 Å². The Morgan fingerprint density at radius 2 is 2.46 bits per heavy atom. The molecule has 0 amide bonds. The van der Waals surface area contributed by atoms with Crippen LogP contribution in [0.4, 0.5) is 5.69 Å². The van der Waals surface area contributed by atoms with Crippen molar-refractivity contribution in [2.75, 3.05) is 11.1 Å². The number of halogens is 1.